The zero-order valence-corrected chi connectivity index (χ0v) is 14.9. The highest BCUT2D eigenvalue weighted by Gasteiger charge is 2.29. The van der Waals surface area contributed by atoms with Crippen LogP contribution in [-0.2, 0) is 4.79 Å². The first kappa shape index (κ1) is 16.8. The first-order valence-corrected chi connectivity index (χ1v) is 8.96. The second-order valence-corrected chi connectivity index (χ2v) is 6.94. The molecule has 2 aromatic heterocycles. The lowest BCUT2D eigenvalue weighted by atomic mass is 9.95. The van der Waals surface area contributed by atoms with Crippen molar-refractivity contribution in [2.45, 2.75) is 38.6 Å². The van der Waals surface area contributed by atoms with Crippen molar-refractivity contribution in [3.05, 3.63) is 48.1 Å². The maximum absolute atomic E-state index is 13.4. The number of nitrogens with one attached hydrogen (secondary N) is 1. The zero-order chi connectivity index (χ0) is 18.3. The van der Waals surface area contributed by atoms with Gasteiger partial charge in [-0.15, -0.1) is 0 Å². The van der Waals surface area contributed by atoms with Crippen molar-refractivity contribution in [2.24, 2.45) is 0 Å². The van der Waals surface area contributed by atoms with Gasteiger partial charge < -0.3 is 14.5 Å². The fourth-order valence-corrected chi connectivity index (χ4v) is 3.75. The molecule has 136 valence electrons. The molecule has 7 heteroatoms. The van der Waals surface area contributed by atoms with Gasteiger partial charge in [-0.05, 0) is 44.9 Å². The molecule has 1 atom stereocenters. The lowest BCUT2D eigenvalue weighted by molar-refractivity contribution is -0.135. The minimum atomic E-state index is -0.267. The molecule has 1 aliphatic rings. The Kier molecular flexibility index (Phi) is 4.22. The number of hydrogen-bond acceptors (Lipinski definition) is 3. The second-order valence-electron chi connectivity index (χ2n) is 6.94. The number of rotatable bonds is 3. The van der Waals surface area contributed by atoms with Gasteiger partial charge in [0.2, 0.25) is 5.91 Å². The van der Waals surface area contributed by atoms with Crippen molar-refractivity contribution >= 4 is 16.9 Å². The molecule has 1 N–H and O–H groups in total. The first-order chi connectivity index (χ1) is 12.5. The normalized spacial score (nSPS) is 17.0. The molecule has 4 rings (SSSR count). The van der Waals surface area contributed by atoms with Gasteiger partial charge in [0.05, 0.1) is 11.0 Å². The number of benzene rings is 1. The largest absolute Gasteiger partial charge is 0.342 e. The number of fused-ring (bicyclic) bond motifs is 1. The van der Waals surface area contributed by atoms with Gasteiger partial charge in [-0.25, -0.2) is 14.4 Å². The summed E-state index contributed by atoms with van der Waals surface area (Å²) in [5, 5.41) is 0. The van der Waals surface area contributed by atoms with Crippen LogP contribution < -0.4 is 0 Å². The highest BCUT2D eigenvalue weighted by atomic mass is 19.1. The van der Waals surface area contributed by atoms with Crippen LogP contribution in [0.4, 0.5) is 4.39 Å². The van der Waals surface area contributed by atoms with Crippen LogP contribution in [-0.4, -0.2) is 43.4 Å². The van der Waals surface area contributed by atoms with Crippen LogP contribution in [0.2, 0.25) is 0 Å². The molecule has 3 heterocycles. The summed E-state index contributed by atoms with van der Waals surface area (Å²) in [7, 11) is 0. The average Bonchev–Trinajstić information content (AvgIpc) is 3.26. The third-order valence-electron chi connectivity index (χ3n) is 5.29. The van der Waals surface area contributed by atoms with Crippen molar-refractivity contribution < 1.29 is 9.18 Å². The molecular weight excluding hydrogens is 333 g/mol. The fourth-order valence-electron chi connectivity index (χ4n) is 3.75. The number of aromatic nitrogens is 4. The van der Waals surface area contributed by atoms with Gasteiger partial charge in [-0.3, -0.25) is 4.79 Å². The third kappa shape index (κ3) is 2.98. The highest BCUT2D eigenvalue weighted by molar-refractivity contribution is 5.80. The minimum absolute atomic E-state index is 0.122. The molecule has 1 amide bonds. The molecular formula is C19H22FN5O. The summed E-state index contributed by atoms with van der Waals surface area (Å²) in [6.45, 7) is 5.22. The second kappa shape index (κ2) is 6.55. The number of piperidine rings is 1. The van der Waals surface area contributed by atoms with Crippen LogP contribution in [0.1, 0.15) is 43.4 Å². The van der Waals surface area contributed by atoms with E-state index in [0.717, 1.165) is 35.5 Å². The number of hydrogen-bond donors (Lipinski definition) is 1. The van der Waals surface area contributed by atoms with Crippen LogP contribution in [0.5, 0.6) is 0 Å². The molecule has 1 fully saturated rings. The topological polar surface area (TPSA) is 66.8 Å². The predicted molar refractivity (Wildman–Crippen MR) is 96.3 cm³/mol. The molecule has 6 nitrogen and oxygen atoms in total. The first-order valence-electron chi connectivity index (χ1n) is 8.96. The Hall–Kier alpha value is -2.70. The van der Waals surface area contributed by atoms with Gasteiger partial charge in [0, 0.05) is 31.4 Å². The number of aromatic amines is 1. The Labute approximate surface area is 151 Å². The Bertz CT molecular complexity index is 938. The van der Waals surface area contributed by atoms with E-state index in [-0.39, 0.29) is 23.7 Å². The third-order valence-corrected chi connectivity index (χ3v) is 5.29. The zero-order valence-electron chi connectivity index (χ0n) is 14.9. The monoisotopic (exact) mass is 355 g/mol. The number of carbonyl (C=O) groups is 1. The highest BCUT2D eigenvalue weighted by Crippen LogP contribution is 2.29. The lowest BCUT2D eigenvalue weighted by Gasteiger charge is -2.33. The molecule has 1 saturated heterocycles. The van der Waals surface area contributed by atoms with E-state index < -0.39 is 0 Å². The maximum Gasteiger partial charge on any atom is 0.245 e. The van der Waals surface area contributed by atoms with Crippen LogP contribution >= 0.6 is 0 Å². The number of halogens is 1. The van der Waals surface area contributed by atoms with Gasteiger partial charge in [0.1, 0.15) is 23.5 Å². The summed E-state index contributed by atoms with van der Waals surface area (Å²) >= 11 is 0. The summed E-state index contributed by atoms with van der Waals surface area (Å²) in [6, 6.07) is 4.34. The smallest absolute Gasteiger partial charge is 0.245 e. The molecule has 0 aliphatic carbocycles. The predicted octanol–water partition coefficient (Wildman–Crippen LogP) is 3.17. The number of carbonyl (C=O) groups excluding carboxylic acids is 1. The molecule has 0 spiro atoms. The number of imidazole rings is 2. The summed E-state index contributed by atoms with van der Waals surface area (Å²) in [5.74, 6) is 1.85. The van der Waals surface area contributed by atoms with Crippen molar-refractivity contribution in [3.8, 4) is 0 Å². The Morgan fingerprint density at radius 1 is 1.35 bits per heavy atom. The number of aryl methyl sites for hydroxylation is 1. The Balaban J connectivity index is 1.43. The van der Waals surface area contributed by atoms with E-state index in [1.54, 1.807) is 12.3 Å². The van der Waals surface area contributed by atoms with Crippen molar-refractivity contribution in [1.29, 1.82) is 0 Å². The quantitative estimate of drug-likeness (QED) is 0.785. The molecule has 0 bridgehead atoms. The van der Waals surface area contributed by atoms with Gasteiger partial charge in [0.15, 0.2) is 0 Å². The maximum atomic E-state index is 13.4. The van der Waals surface area contributed by atoms with Crippen molar-refractivity contribution in [2.75, 3.05) is 13.1 Å². The summed E-state index contributed by atoms with van der Waals surface area (Å²) in [4.78, 5) is 26.7. The number of likely N-dealkylation sites (tertiary alicyclic amines) is 1. The molecule has 26 heavy (non-hydrogen) atoms. The SMILES string of the molecule is Cc1nccn1[C@H](C)C(=O)N1CCC(c2nc3ccc(F)cc3[nH]2)CC1. The van der Waals surface area contributed by atoms with Gasteiger partial charge in [-0.1, -0.05) is 0 Å². The van der Waals surface area contributed by atoms with E-state index in [1.165, 1.54) is 12.1 Å². The van der Waals surface area contributed by atoms with E-state index in [0.29, 0.717) is 13.1 Å². The van der Waals surface area contributed by atoms with Crippen LogP contribution in [0, 0.1) is 12.7 Å². The van der Waals surface area contributed by atoms with Gasteiger partial charge >= 0.3 is 0 Å². The van der Waals surface area contributed by atoms with Gasteiger partial charge in [0.25, 0.3) is 0 Å². The van der Waals surface area contributed by atoms with Crippen LogP contribution in [0.25, 0.3) is 11.0 Å². The molecule has 3 aromatic rings. The number of nitrogens with zero attached hydrogens (tertiary/aromatic N) is 4. The van der Waals surface area contributed by atoms with Crippen LogP contribution in [0.3, 0.4) is 0 Å². The number of amides is 1. The van der Waals surface area contributed by atoms with E-state index in [1.807, 2.05) is 29.5 Å². The van der Waals surface area contributed by atoms with E-state index >= 15 is 0 Å². The van der Waals surface area contributed by atoms with Crippen molar-refractivity contribution in [1.82, 2.24) is 24.4 Å². The van der Waals surface area contributed by atoms with E-state index in [4.69, 9.17) is 0 Å². The van der Waals surface area contributed by atoms with E-state index in [9.17, 15) is 9.18 Å². The number of H-pyrrole nitrogens is 1. The Morgan fingerprint density at radius 2 is 2.12 bits per heavy atom. The lowest BCUT2D eigenvalue weighted by Crippen LogP contribution is -2.41. The van der Waals surface area contributed by atoms with Crippen molar-refractivity contribution in [3.63, 3.8) is 0 Å². The molecule has 0 unspecified atom stereocenters. The summed E-state index contributed by atoms with van der Waals surface area (Å²) in [5.41, 5.74) is 1.51. The molecule has 1 aliphatic heterocycles. The molecule has 0 radical (unpaired) electrons. The average molecular weight is 355 g/mol. The van der Waals surface area contributed by atoms with E-state index in [2.05, 4.69) is 15.0 Å². The van der Waals surface area contributed by atoms with Crippen LogP contribution in [0.15, 0.2) is 30.6 Å². The minimum Gasteiger partial charge on any atom is -0.342 e. The van der Waals surface area contributed by atoms with Gasteiger partial charge in [-0.2, -0.15) is 0 Å². The fraction of sp³-hybridized carbons (Fsp3) is 0.421. The standard InChI is InChI=1S/C19H22FN5O/c1-12(25-10-7-21-13(25)2)19(26)24-8-5-14(6-9-24)18-22-16-4-3-15(20)11-17(16)23-18/h3-4,7,10-12,14H,5-6,8-9H2,1-2H3,(H,22,23)/t12-/m1/s1. The molecule has 1 aromatic carbocycles. The summed E-state index contributed by atoms with van der Waals surface area (Å²) in [6.07, 6.45) is 5.27. The molecule has 0 saturated carbocycles. The summed E-state index contributed by atoms with van der Waals surface area (Å²) < 4.78 is 15.3. The Morgan fingerprint density at radius 3 is 2.81 bits per heavy atom.